The summed E-state index contributed by atoms with van der Waals surface area (Å²) in [6.45, 7) is 2.64. The molecule has 1 aromatic carbocycles. The number of carbonyl (C=O) groups excluding carboxylic acids is 1. The van der Waals surface area contributed by atoms with Gasteiger partial charge in [-0.25, -0.2) is 9.37 Å². The summed E-state index contributed by atoms with van der Waals surface area (Å²) in [5.74, 6) is -0.109. The first-order chi connectivity index (χ1) is 15.5. The Kier molecular flexibility index (Phi) is 10.8. The zero-order valence-electron chi connectivity index (χ0n) is 18.2. The van der Waals surface area contributed by atoms with Gasteiger partial charge in [-0.2, -0.15) is 0 Å². The van der Waals surface area contributed by atoms with E-state index in [0.717, 1.165) is 25.0 Å². The number of piperazine rings is 1. The second kappa shape index (κ2) is 12.8. The summed E-state index contributed by atoms with van der Waals surface area (Å²) < 4.78 is 19.2. The van der Waals surface area contributed by atoms with E-state index in [2.05, 4.69) is 20.1 Å². The first-order valence-corrected chi connectivity index (χ1v) is 10.9. The summed E-state index contributed by atoms with van der Waals surface area (Å²) in [6.07, 6.45) is -0.363. The van der Waals surface area contributed by atoms with Crippen LogP contribution in [0.2, 0.25) is 5.02 Å². The number of ether oxygens (including phenoxy) is 1. The molecule has 4 rings (SSSR count). The minimum Gasteiger partial charge on any atom is -0.394 e. The van der Waals surface area contributed by atoms with E-state index in [0.29, 0.717) is 13.1 Å². The van der Waals surface area contributed by atoms with Crippen molar-refractivity contribution in [3.05, 3.63) is 59.0 Å². The number of amides is 1. The fourth-order valence-corrected chi connectivity index (χ4v) is 4.50. The van der Waals surface area contributed by atoms with Crippen molar-refractivity contribution in [2.45, 2.75) is 24.4 Å². The van der Waals surface area contributed by atoms with Crippen LogP contribution in [0.4, 0.5) is 10.2 Å². The van der Waals surface area contributed by atoms with Gasteiger partial charge >= 0.3 is 0 Å². The first-order valence-electron chi connectivity index (χ1n) is 10.6. The minimum atomic E-state index is -0.886. The Balaban J connectivity index is 0.00000204. The number of benzene rings is 1. The summed E-state index contributed by atoms with van der Waals surface area (Å²) in [4.78, 5) is 21.2. The fraction of sp³-hybridized carbons (Fsp3) is 0.455. The number of halogens is 4. The molecule has 188 valence electrons. The fourth-order valence-electron chi connectivity index (χ4n) is 4.32. The highest BCUT2D eigenvalue weighted by atomic mass is 35.5. The molecular weight excluding hydrogens is 510 g/mol. The predicted octanol–water partition coefficient (Wildman–Crippen LogP) is 1.76. The third-order valence-corrected chi connectivity index (χ3v) is 6.29. The molecule has 4 atom stereocenters. The number of rotatable bonds is 6. The number of nitrogens with zero attached hydrogens (tertiary/aromatic N) is 3. The highest BCUT2D eigenvalue weighted by Gasteiger charge is 2.46. The van der Waals surface area contributed by atoms with Crippen molar-refractivity contribution in [1.29, 1.82) is 0 Å². The van der Waals surface area contributed by atoms with Crippen LogP contribution in [0.15, 0.2) is 42.6 Å². The third kappa shape index (κ3) is 6.28. The van der Waals surface area contributed by atoms with Gasteiger partial charge in [0.25, 0.3) is 5.91 Å². The molecule has 3 heterocycles. The Morgan fingerprint density at radius 1 is 1.18 bits per heavy atom. The lowest BCUT2D eigenvalue weighted by Gasteiger charge is -2.40. The van der Waals surface area contributed by atoms with Gasteiger partial charge in [-0.3, -0.25) is 9.69 Å². The normalized spacial score (nSPS) is 24.8. The quantitative estimate of drug-likeness (QED) is 0.517. The Bertz CT molecular complexity index is 938. The van der Waals surface area contributed by atoms with Gasteiger partial charge in [0.1, 0.15) is 23.8 Å². The topological polar surface area (TPSA) is 98.2 Å². The predicted molar refractivity (Wildman–Crippen MR) is 132 cm³/mol. The lowest BCUT2D eigenvalue weighted by atomic mass is 10.0. The van der Waals surface area contributed by atoms with Gasteiger partial charge in [-0.1, -0.05) is 17.7 Å². The van der Waals surface area contributed by atoms with Crippen molar-refractivity contribution in [2.24, 2.45) is 0 Å². The summed E-state index contributed by atoms with van der Waals surface area (Å²) in [7, 11) is 0. The zero-order valence-corrected chi connectivity index (χ0v) is 20.6. The van der Waals surface area contributed by atoms with Crippen molar-refractivity contribution in [3.63, 3.8) is 0 Å². The Labute approximate surface area is 214 Å². The van der Waals surface area contributed by atoms with E-state index in [1.54, 1.807) is 6.20 Å². The van der Waals surface area contributed by atoms with Crippen molar-refractivity contribution in [3.8, 4) is 0 Å². The van der Waals surface area contributed by atoms with Gasteiger partial charge in [0.15, 0.2) is 0 Å². The summed E-state index contributed by atoms with van der Waals surface area (Å²) in [6, 6.07) is 9.16. The van der Waals surface area contributed by atoms with Crippen LogP contribution in [0.5, 0.6) is 0 Å². The molecule has 0 unspecified atom stereocenters. The molecule has 8 nitrogen and oxygen atoms in total. The van der Waals surface area contributed by atoms with Gasteiger partial charge in [0.05, 0.1) is 23.8 Å². The van der Waals surface area contributed by atoms with Gasteiger partial charge < -0.3 is 25.2 Å². The highest BCUT2D eigenvalue weighted by molar-refractivity contribution is 6.31. The van der Waals surface area contributed by atoms with Crippen molar-refractivity contribution < 1.29 is 24.1 Å². The van der Waals surface area contributed by atoms with Gasteiger partial charge in [-0.15, -0.1) is 24.8 Å². The monoisotopic (exact) mass is 536 g/mol. The average molecular weight is 538 g/mol. The number of hydrogen-bond acceptors (Lipinski definition) is 7. The maximum absolute atomic E-state index is 13.4. The third-order valence-electron chi connectivity index (χ3n) is 6.00. The largest absolute Gasteiger partial charge is 0.394 e. The second-order valence-electron chi connectivity index (χ2n) is 7.93. The Morgan fingerprint density at radius 3 is 2.53 bits per heavy atom. The molecule has 2 aromatic rings. The van der Waals surface area contributed by atoms with Crippen LogP contribution < -0.4 is 10.2 Å². The first kappa shape index (κ1) is 28.5. The number of aromatic nitrogens is 1. The molecule has 1 aromatic heterocycles. The molecule has 0 radical (unpaired) electrons. The van der Waals surface area contributed by atoms with Crippen molar-refractivity contribution in [2.75, 3.05) is 44.2 Å². The number of pyridine rings is 1. The number of aliphatic hydroxyl groups is 2. The summed E-state index contributed by atoms with van der Waals surface area (Å²) >= 11 is 5.77. The van der Waals surface area contributed by atoms with Gasteiger partial charge in [0.2, 0.25) is 0 Å². The molecule has 12 heteroatoms. The lowest BCUT2D eigenvalue weighted by molar-refractivity contribution is -0.0209. The number of aliphatic hydroxyl groups excluding tert-OH is 2. The molecule has 0 bridgehead atoms. The molecule has 0 spiro atoms. The number of carbonyl (C=O) groups is 1. The van der Waals surface area contributed by atoms with Crippen LogP contribution in [-0.4, -0.2) is 89.7 Å². The molecule has 2 fully saturated rings. The minimum absolute atomic E-state index is 0. The second-order valence-corrected chi connectivity index (χ2v) is 8.33. The van der Waals surface area contributed by atoms with E-state index >= 15 is 0 Å². The Hall–Kier alpha value is -1.72. The standard InChI is InChI=1S/C22H26ClFN4O4.2ClH/c23-15-11-14(4-5-16(15)24)22(31)26-12-17-20(21(30)18(13-29)32-17)28-9-7-27(8-10-28)19-3-1-2-6-25-19;;/h1-6,11,17-18,20-21,29-30H,7-10,12-13H2,(H,26,31);2*1H/t17-,18+,20+,21-;;/m1../s1. The summed E-state index contributed by atoms with van der Waals surface area (Å²) in [5.41, 5.74) is 0.231. The molecule has 3 N–H and O–H groups in total. The van der Waals surface area contributed by atoms with E-state index in [1.165, 1.54) is 12.1 Å². The number of hydrogen-bond donors (Lipinski definition) is 3. The van der Waals surface area contributed by atoms with Crippen LogP contribution in [0.25, 0.3) is 0 Å². The van der Waals surface area contributed by atoms with Crippen molar-refractivity contribution >= 4 is 48.1 Å². The van der Waals surface area contributed by atoms with Crippen LogP contribution >= 0.6 is 36.4 Å². The lowest BCUT2D eigenvalue weighted by Crippen LogP contribution is -2.57. The zero-order chi connectivity index (χ0) is 22.7. The molecular formula is C22H28Cl3FN4O4. The molecule has 34 heavy (non-hydrogen) atoms. The van der Waals surface area contributed by atoms with E-state index < -0.39 is 30.0 Å². The van der Waals surface area contributed by atoms with Crippen molar-refractivity contribution in [1.82, 2.24) is 15.2 Å². The average Bonchev–Trinajstić information content (AvgIpc) is 3.15. The SMILES string of the molecule is Cl.Cl.O=C(NC[C@H]1O[C@@H](CO)[C@@H](O)[C@H]1N1CCN(c2ccccn2)CC1)c1ccc(F)c(Cl)c1. The van der Waals surface area contributed by atoms with E-state index in [-0.39, 0.29) is 54.6 Å². The van der Waals surface area contributed by atoms with Gasteiger partial charge in [-0.05, 0) is 30.3 Å². The van der Waals surface area contributed by atoms with Crippen LogP contribution in [-0.2, 0) is 4.74 Å². The molecule has 0 aliphatic carbocycles. The van der Waals surface area contributed by atoms with Crippen LogP contribution in [0.3, 0.4) is 0 Å². The van der Waals surface area contributed by atoms with E-state index in [4.69, 9.17) is 16.3 Å². The van der Waals surface area contributed by atoms with Crippen LogP contribution in [0, 0.1) is 5.82 Å². The highest BCUT2D eigenvalue weighted by Crippen LogP contribution is 2.27. The maximum Gasteiger partial charge on any atom is 0.251 e. The molecule has 2 aliphatic heterocycles. The molecule has 0 saturated carbocycles. The van der Waals surface area contributed by atoms with E-state index in [9.17, 15) is 19.4 Å². The van der Waals surface area contributed by atoms with E-state index in [1.807, 2.05) is 18.2 Å². The smallest absolute Gasteiger partial charge is 0.251 e. The number of anilines is 1. The van der Waals surface area contributed by atoms with Crippen LogP contribution in [0.1, 0.15) is 10.4 Å². The van der Waals surface area contributed by atoms with Gasteiger partial charge in [0, 0.05) is 44.5 Å². The molecule has 2 saturated heterocycles. The number of nitrogens with one attached hydrogen (secondary N) is 1. The summed E-state index contributed by atoms with van der Waals surface area (Å²) in [5, 5.41) is 23.0. The molecule has 1 amide bonds. The maximum atomic E-state index is 13.4. The molecule has 2 aliphatic rings. The Morgan fingerprint density at radius 2 is 1.91 bits per heavy atom.